The van der Waals surface area contributed by atoms with Crippen LogP contribution in [0.4, 0.5) is 10.6 Å². The van der Waals surface area contributed by atoms with Crippen molar-refractivity contribution in [2.75, 3.05) is 31.1 Å². The second kappa shape index (κ2) is 7.75. The topological polar surface area (TPSA) is 48.5 Å². The number of rotatable bonds is 2. The molecule has 1 aliphatic carbocycles. The number of anilines is 1. The number of urea groups is 1. The quantitative estimate of drug-likeness (QED) is 0.873. The van der Waals surface area contributed by atoms with E-state index in [-0.39, 0.29) is 6.03 Å². The first-order valence-electron chi connectivity index (χ1n) is 10.3. The molecule has 4 rings (SSSR count). The van der Waals surface area contributed by atoms with E-state index in [4.69, 9.17) is 4.98 Å². The fourth-order valence-electron chi connectivity index (χ4n) is 4.36. The first-order chi connectivity index (χ1) is 13.1. The molecule has 2 amide bonds. The molecule has 1 saturated carbocycles. The van der Waals surface area contributed by atoms with Gasteiger partial charge in [0.1, 0.15) is 5.82 Å². The maximum atomic E-state index is 12.6. The van der Waals surface area contributed by atoms with Crippen molar-refractivity contribution in [1.29, 1.82) is 0 Å². The van der Waals surface area contributed by atoms with Gasteiger partial charge in [-0.05, 0) is 43.9 Å². The van der Waals surface area contributed by atoms with Gasteiger partial charge in [0.2, 0.25) is 0 Å². The average Bonchev–Trinajstić information content (AvgIpc) is 2.69. The lowest BCUT2D eigenvalue weighted by molar-refractivity contribution is 0.186. The second-order valence-corrected chi connectivity index (χ2v) is 8.03. The van der Waals surface area contributed by atoms with E-state index < -0.39 is 0 Å². The minimum Gasteiger partial charge on any atom is -0.353 e. The number of fused-ring (bicyclic) bond motifs is 1. The minimum absolute atomic E-state index is 0.111. The van der Waals surface area contributed by atoms with Gasteiger partial charge in [-0.1, -0.05) is 37.5 Å². The zero-order valence-electron chi connectivity index (χ0n) is 16.5. The Morgan fingerprint density at radius 1 is 1.04 bits per heavy atom. The zero-order chi connectivity index (χ0) is 18.8. The molecule has 0 radical (unpaired) electrons. The Labute approximate surface area is 161 Å². The fraction of sp³-hybridized carbons (Fsp3) is 0.545. The summed E-state index contributed by atoms with van der Waals surface area (Å²) in [5.41, 5.74) is 3.56. The van der Waals surface area contributed by atoms with Crippen molar-refractivity contribution in [3.63, 3.8) is 0 Å². The smallest absolute Gasteiger partial charge is 0.317 e. The van der Waals surface area contributed by atoms with E-state index in [1.54, 1.807) is 0 Å². The van der Waals surface area contributed by atoms with E-state index in [0.717, 1.165) is 50.4 Å². The Bertz CT molecular complexity index is 820. The number of aromatic nitrogens is 1. The molecule has 0 bridgehead atoms. The largest absolute Gasteiger partial charge is 0.353 e. The van der Waals surface area contributed by atoms with Crippen molar-refractivity contribution in [3.05, 3.63) is 35.4 Å². The molecule has 1 aromatic carbocycles. The average molecular weight is 367 g/mol. The molecule has 1 aromatic heterocycles. The van der Waals surface area contributed by atoms with Gasteiger partial charge >= 0.3 is 6.03 Å². The third-order valence-electron chi connectivity index (χ3n) is 6.06. The van der Waals surface area contributed by atoms with Crippen LogP contribution in [0.5, 0.6) is 0 Å². The maximum Gasteiger partial charge on any atom is 0.317 e. The second-order valence-electron chi connectivity index (χ2n) is 8.03. The van der Waals surface area contributed by atoms with Crippen LogP contribution in [0.15, 0.2) is 24.3 Å². The number of carbonyl (C=O) groups is 1. The molecule has 2 heterocycles. The first kappa shape index (κ1) is 18.1. The number of pyridine rings is 1. The van der Waals surface area contributed by atoms with Crippen LogP contribution in [-0.2, 0) is 0 Å². The van der Waals surface area contributed by atoms with Crippen molar-refractivity contribution < 1.29 is 4.79 Å². The van der Waals surface area contributed by atoms with Crippen molar-refractivity contribution in [2.45, 2.75) is 52.0 Å². The number of hydrogen-bond donors (Lipinski definition) is 1. The van der Waals surface area contributed by atoms with Gasteiger partial charge in [0, 0.05) is 37.6 Å². The number of nitrogens with one attached hydrogen (secondary N) is 1. The highest BCUT2D eigenvalue weighted by Crippen LogP contribution is 2.25. The predicted molar refractivity (Wildman–Crippen MR) is 110 cm³/mol. The molecule has 2 aliphatic rings. The summed E-state index contributed by atoms with van der Waals surface area (Å²) in [4.78, 5) is 21.8. The Kier molecular flexibility index (Phi) is 5.19. The SMILES string of the molecule is Cc1cc(N2CCN(C(=O)NC3CCCCC3)CC2)nc2c(C)cccc12. The lowest BCUT2D eigenvalue weighted by Crippen LogP contribution is -2.53. The number of para-hydroxylation sites is 1. The third-order valence-corrected chi connectivity index (χ3v) is 6.06. The van der Waals surface area contributed by atoms with E-state index >= 15 is 0 Å². The summed E-state index contributed by atoms with van der Waals surface area (Å²) < 4.78 is 0. The van der Waals surface area contributed by atoms with E-state index in [2.05, 4.69) is 48.3 Å². The van der Waals surface area contributed by atoms with E-state index in [9.17, 15) is 4.79 Å². The number of piperazine rings is 1. The molecule has 5 heteroatoms. The predicted octanol–water partition coefficient (Wildman–Crippen LogP) is 4.02. The highest BCUT2D eigenvalue weighted by molar-refractivity contribution is 5.86. The van der Waals surface area contributed by atoms with Gasteiger partial charge in [-0.3, -0.25) is 0 Å². The van der Waals surface area contributed by atoms with Gasteiger partial charge in [-0.25, -0.2) is 9.78 Å². The molecule has 2 fully saturated rings. The summed E-state index contributed by atoms with van der Waals surface area (Å²) in [6, 6.07) is 9.01. The van der Waals surface area contributed by atoms with Crippen molar-refractivity contribution in [3.8, 4) is 0 Å². The van der Waals surface area contributed by atoms with Gasteiger partial charge in [-0.15, -0.1) is 0 Å². The van der Waals surface area contributed by atoms with Gasteiger partial charge in [-0.2, -0.15) is 0 Å². The lowest BCUT2D eigenvalue weighted by Gasteiger charge is -2.36. The molecule has 1 aliphatic heterocycles. The Morgan fingerprint density at radius 3 is 2.52 bits per heavy atom. The van der Waals surface area contributed by atoms with Crippen molar-refractivity contribution in [1.82, 2.24) is 15.2 Å². The molecular formula is C22H30N4O. The molecule has 1 N–H and O–H groups in total. The Balaban J connectivity index is 1.41. The fourth-order valence-corrected chi connectivity index (χ4v) is 4.36. The van der Waals surface area contributed by atoms with Gasteiger partial charge in [0.15, 0.2) is 0 Å². The first-order valence-corrected chi connectivity index (χ1v) is 10.3. The molecule has 0 spiro atoms. The minimum atomic E-state index is 0.111. The van der Waals surface area contributed by atoms with Crippen LogP contribution < -0.4 is 10.2 Å². The molecule has 0 atom stereocenters. The van der Waals surface area contributed by atoms with Crippen LogP contribution in [0, 0.1) is 13.8 Å². The Morgan fingerprint density at radius 2 is 1.78 bits per heavy atom. The van der Waals surface area contributed by atoms with Crippen LogP contribution in [0.25, 0.3) is 10.9 Å². The Hall–Kier alpha value is -2.30. The van der Waals surface area contributed by atoms with Crippen LogP contribution in [0.1, 0.15) is 43.2 Å². The monoisotopic (exact) mass is 366 g/mol. The normalized spacial score (nSPS) is 18.7. The summed E-state index contributed by atoms with van der Waals surface area (Å²) in [5, 5.41) is 4.46. The lowest BCUT2D eigenvalue weighted by atomic mass is 9.96. The maximum absolute atomic E-state index is 12.6. The summed E-state index contributed by atoms with van der Waals surface area (Å²) in [6.07, 6.45) is 6.05. The van der Waals surface area contributed by atoms with Gasteiger partial charge in [0.05, 0.1) is 5.52 Å². The highest BCUT2D eigenvalue weighted by Gasteiger charge is 2.24. The molecule has 2 aromatic rings. The van der Waals surface area contributed by atoms with E-state index in [1.165, 1.54) is 35.8 Å². The van der Waals surface area contributed by atoms with Crippen molar-refractivity contribution in [2.24, 2.45) is 0 Å². The zero-order valence-corrected chi connectivity index (χ0v) is 16.5. The number of nitrogens with zero attached hydrogens (tertiary/aromatic N) is 3. The van der Waals surface area contributed by atoms with Gasteiger partial charge < -0.3 is 15.1 Å². The van der Waals surface area contributed by atoms with Crippen molar-refractivity contribution >= 4 is 22.8 Å². The number of benzene rings is 1. The number of carbonyl (C=O) groups excluding carboxylic acids is 1. The van der Waals surface area contributed by atoms with Crippen LogP contribution in [0.3, 0.4) is 0 Å². The highest BCUT2D eigenvalue weighted by atomic mass is 16.2. The van der Waals surface area contributed by atoms with Crippen LogP contribution in [0.2, 0.25) is 0 Å². The van der Waals surface area contributed by atoms with E-state index in [0.29, 0.717) is 6.04 Å². The molecule has 5 nitrogen and oxygen atoms in total. The third kappa shape index (κ3) is 3.87. The summed E-state index contributed by atoms with van der Waals surface area (Å²) >= 11 is 0. The standard InChI is InChI=1S/C22H30N4O/c1-16-7-6-10-19-17(2)15-20(24-21(16)19)25-11-13-26(14-12-25)22(27)23-18-8-4-3-5-9-18/h6-7,10,15,18H,3-5,8-9,11-14H2,1-2H3,(H,23,27). The molecular weight excluding hydrogens is 336 g/mol. The number of hydrogen-bond acceptors (Lipinski definition) is 3. The molecule has 1 saturated heterocycles. The van der Waals surface area contributed by atoms with Crippen LogP contribution >= 0.6 is 0 Å². The molecule has 27 heavy (non-hydrogen) atoms. The van der Waals surface area contributed by atoms with E-state index in [1.807, 2.05) is 4.90 Å². The number of amides is 2. The number of aryl methyl sites for hydroxylation is 2. The van der Waals surface area contributed by atoms with Crippen LogP contribution in [-0.4, -0.2) is 48.1 Å². The molecule has 0 unspecified atom stereocenters. The summed E-state index contributed by atoms with van der Waals surface area (Å²) in [7, 11) is 0. The molecule has 144 valence electrons. The summed E-state index contributed by atoms with van der Waals surface area (Å²) in [5.74, 6) is 1.03. The van der Waals surface area contributed by atoms with Gasteiger partial charge in [0.25, 0.3) is 0 Å². The summed E-state index contributed by atoms with van der Waals surface area (Å²) in [6.45, 7) is 7.45.